The number of methoxy groups -OCH3 is 1. The maximum Gasteiger partial charge on any atom is 0.337 e. The minimum Gasteiger partial charge on any atom is -0.508 e. The van der Waals surface area contributed by atoms with E-state index in [0.717, 1.165) is 16.6 Å². The van der Waals surface area contributed by atoms with Crippen LogP contribution in [0.2, 0.25) is 0 Å². The summed E-state index contributed by atoms with van der Waals surface area (Å²) in [7, 11) is 1.37. The van der Waals surface area contributed by atoms with E-state index in [0.29, 0.717) is 12.1 Å². The van der Waals surface area contributed by atoms with Gasteiger partial charge in [0.1, 0.15) is 5.75 Å². The Balaban J connectivity index is 1.93. The Labute approximate surface area is 121 Å². The molecule has 0 radical (unpaired) electrons. The van der Waals surface area contributed by atoms with E-state index in [9.17, 15) is 9.90 Å². The van der Waals surface area contributed by atoms with Crippen LogP contribution < -0.4 is 0 Å². The molecule has 1 aromatic heterocycles. The van der Waals surface area contributed by atoms with Gasteiger partial charge in [0.15, 0.2) is 0 Å². The van der Waals surface area contributed by atoms with Crippen LogP contribution in [0.5, 0.6) is 5.75 Å². The quantitative estimate of drug-likeness (QED) is 0.750. The van der Waals surface area contributed by atoms with Crippen LogP contribution in [0.4, 0.5) is 0 Å². The number of ether oxygens (including phenoxy) is 1. The van der Waals surface area contributed by atoms with E-state index in [1.54, 1.807) is 30.6 Å². The molecule has 5 heteroatoms. The molecule has 1 heterocycles. The fourth-order valence-corrected chi connectivity index (χ4v) is 2.29. The third-order valence-corrected chi connectivity index (χ3v) is 3.31. The number of fused-ring (bicyclic) bond motifs is 1. The highest BCUT2D eigenvalue weighted by Crippen LogP contribution is 2.20. The molecule has 2 aromatic carbocycles. The molecule has 0 atom stereocenters. The van der Waals surface area contributed by atoms with Gasteiger partial charge in [-0.25, -0.2) is 9.78 Å². The van der Waals surface area contributed by atoms with Crippen molar-refractivity contribution >= 4 is 17.0 Å². The van der Waals surface area contributed by atoms with Crippen molar-refractivity contribution in [2.75, 3.05) is 7.11 Å². The molecular formula is C16H14N2O3. The predicted molar refractivity (Wildman–Crippen MR) is 78.3 cm³/mol. The van der Waals surface area contributed by atoms with Gasteiger partial charge < -0.3 is 14.4 Å². The van der Waals surface area contributed by atoms with E-state index in [1.807, 2.05) is 22.8 Å². The summed E-state index contributed by atoms with van der Waals surface area (Å²) in [6, 6.07) is 12.4. The van der Waals surface area contributed by atoms with Crippen molar-refractivity contribution in [1.29, 1.82) is 0 Å². The number of nitrogens with zero attached hydrogens (tertiary/aromatic N) is 2. The number of phenols is 1. The Kier molecular flexibility index (Phi) is 3.31. The number of rotatable bonds is 3. The van der Waals surface area contributed by atoms with E-state index in [-0.39, 0.29) is 11.7 Å². The number of benzene rings is 2. The number of esters is 1. The summed E-state index contributed by atoms with van der Waals surface area (Å²) < 4.78 is 6.69. The lowest BCUT2D eigenvalue weighted by Gasteiger charge is -2.06. The van der Waals surface area contributed by atoms with Gasteiger partial charge in [-0.3, -0.25) is 0 Å². The number of phenolic OH excluding ortho intramolecular Hbond substituents is 1. The highest BCUT2D eigenvalue weighted by atomic mass is 16.5. The van der Waals surface area contributed by atoms with Gasteiger partial charge in [-0.15, -0.1) is 0 Å². The molecule has 3 rings (SSSR count). The topological polar surface area (TPSA) is 64.4 Å². The molecule has 0 amide bonds. The second-order valence-corrected chi connectivity index (χ2v) is 4.74. The Bertz CT molecular complexity index is 808. The number of aromatic nitrogens is 2. The van der Waals surface area contributed by atoms with E-state index in [1.165, 1.54) is 7.11 Å². The van der Waals surface area contributed by atoms with E-state index in [4.69, 9.17) is 4.74 Å². The predicted octanol–water partition coefficient (Wildman–Crippen LogP) is 2.58. The summed E-state index contributed by atoms with van der Waals surface area (Å²) in [6.07, 6.45) is 1.72. The first-order valence-corrected chi connectivity index (χ1v) is 6.48. The van der Waals surface area contributed by atoms with Crippen LogP contribution in [0.25, 0.3) is 11.0 Å². The molecule has 0 bridgehead atoms. The standard InChI is InChI=1S/C16H14N2O3/c1-21-16(20)12-4-2-3-11(7-12)9-18-10-17-14-8-13(19)5-6-15(14)18/h2-8,10,19H,9H2,1H3. The average Bonchev–Trinajstić information content (AvgIpc) is 2.89. The highest BCUT2D eigenvalue weighted by molar-refractivity contribution is 5.89. The molecular weight excluding hydrogens is 268 g/mol. The largest absolute Gasteiger partial charge is 0.508 e. The van der Waals surface area contributed by atoms with E-state index in [2.05, 4.69) is 4.98 Å². The number of hydrogen-bond donors (Lipinski definition) is 1. The van der Waals surface area contributed by atoms with Crippen LogP contribution in [-0.2, 0) is 11.3 Å². The lowest BCUT2D eigenvalue weighted by molar-refractivity contribution is 0.0600. The normalized spacial score (nSPS) is 10.7. The Morgan fingerprint density at radius 3 is 2.95 bits per heavy atom. The van der Waals surface area contributed by atoms with Gasteiger partial charge >= 0.3 is 5.97 Å². The molecule has 5 nitrogen and oxygen atoms in total. The first kappa shape index (κ1) is 13.2. The summed E-state index contributed by atoms with van der Waals surface area (Å²) >= 11 is 0. The van der Waals surface area contributed by atoms with Crippen LogP contribution in [0.3, 0.4) is 0 Å². The molecule has 106 valence electrons. The van der Waals surface area contributed by atoms with E-state index >= 15 is 0 Å². The zero-order valence-corrected chi connectivity index (χ0v) is 11.5. The number of carbonyl (C=O) groups is 1. The second-order valence-electron chi connectivity index (χ2n) is 4.74. The maximum atomic E-state index is 11.5. The maximum absolute atomic E-state index is 11.5. The van der Waals surface area contributed by atoms with Crippen LogP contribution in [0.1, 0.15) is 15.9 Å². The average molecular weight is 282 g/mol. The number of hydrogen-bond acceptors (Lipinski definition) is 4. The van der Waals surface area contributed by atoms with Crippen molar-refractivity contribution < 1.29 is 14.6 Å². The first-order chi connectivity index (χ1) is 10.2. The Hall–Kier alpha value is -2.82. The molecule has 0 aliphatic rings. The fourth-order valence-electron chi connectivity index (χ4n) is 2.29. The fraction of sp³-hybridized carbons (Fsp3) is 0.125. The molecule has 0 spiro atoms. The van der Waals surface area contributed by atoms with Crippen LogP contribution in [0, 0.1) is 0 Å². The van der Waals surface area contributed by atoms with Gasteiger partial charge in [0.2, 0.25) is 0 Å². The molecule has 21 heavy (non-hydrogen) atoms. The SMILES string of the molecule is COC(=O)c1cccc(Cn2cnc3cc(O)ccc32)c1. The number of aromatic hydroxyl groups is 1. The van der Waals surface area contributed by atoms with Crippen LogP contribution in [0.15, 0.2) is 48.8 Å². The lowest BCUT2D eigenvalue weighted by Crippen LogP contribution is -2.03. The molecule has 0 aliphatic heterocycles. The van der Waals surface area contributed by atoms with Crippen molar-refractivity contribution in [3.8, 4) is 5.75 Å². The Morgan fingerprint density at radius 1 is 1.29 bits per heavy atom. The molecule has 1 N–H and O–H groups in total. The van der Waals surface area contributed by atoms with Gasteiger partial charge in [-0.2, -0.15) is 0 Å². The van der Waals surface area contributed by atoms with Crippen molar-refractivity contribution in [3.05, 3.63) is 59.9 Å². The van der Waals surface area contributed by atoms with Crippen LogP contribution >= 0.6 is 0 Å². The van der Waals surface area contributed by atoms with Crippen molar-refractivity contribution in [1.82, 2.24) is 9.55 Å². The Morgan fingerprint density at radius 2 is 2.14 bits per heavy atom. The van der Waals surface area contributed by atoms with Gasteiger partial charge in [0.25, 0.3) is 0 Å². The summed E-state index contributed by atoms with van der Waals surface area (Å²) in [4.78, 5) is 15.8. The molecule has 0 fully saturated rings. The highest BCUT2D eigenvalue weighted by Gasteiger charge is 2.08. The second kappa shape index (κ2) is 5.28. The minimum absolute atomic E-state index is 0.195. The first-order valence-electron chi connectivity index (χ1n) is 6.48. The third kappa shape index (κ3) is 2.58. The van der Waals surface area contributed by atoms with Gasteiger partial charge in [-0.05, 0) is 29.8 Å². The molecule has 3 aromatic rings. The molecule has 0 unspecified atom stereocenters. The van der Waals surface area contributed by atoms with Crippen molar-refractivity contribution in [3.63, 3.8) is 0 Å². The van der Waals surface area contributed by atoms with Gasteiger partial charge in [-0.1, -0.05) is 12.1 Å². The number of carbonyl (C=O) groups excluding carboxylic acids is 1. The molecule has 0 aliphatic carbocycles. The summed E-state index contributed by atoms with van der Waals surface area (Å²) in [5, 5.41) is 9.45. The molecule has 0 saturated heterocycles. The number of imidazole rings is 1. The summed E-state index contributed by atoms with van der Waals surface area (Å²) in [6.45, 7) is 0.589. The van der Waals surface area contributed by atoms with Crippen LogP contribution in [-0.4, -0.2) is 27.7 Å². The smallest absolute Gasteiger partial charge is 0.337 e. The lowest BCUT2D eigenvalue weighted by atomic mass is 10.1. The monoisotopic (exact) mass is 282 g/mol. The van der Waals surface area contributed by atoms with Crippen molar-refractivity contribution in [2.24, 2.45) is 0 Å². The molecule has 0 saturated carbocycles. The summed E-state index contributed by atoms with van der Waals surface area (Å²) in [5.41, 5.74) is 3.16. The third-order valence-electron chi connectivity index (χ3n) is 3.31. The summed E-state index contributed by atoms with van der Waals surface area (Å²) in [5.74, 6) is -0.155. The van der Waals surface area contributed by atoms with Crippen molar-refractivity contribution in [2.45, 2.75) is 6.54 Å². The van der Waals surface area contributed by atoms with Gasteiger partial charge in [0, 0.05) is 12.6 Å². The minimum atomic E-state index is -0.350. The zero-order valence-electron chi connectivity index (χ0n) is 11.5. The van der Waals surface area contributed by atoms with Gasteiger partial charge in [0.05, 0.1) is 30.0 Å². The zero-order chi connectivity index (χ0) is 14.8. The van der Waals surface area contributed by atoms with E-state index < -0.39 is 0 Å².